The summed E-state index contributed by atoms with van der Waals surface area (Å²) in [5, 5.41) is 5.65. The summed E-state index contributed by atoms with van der Waals surface area (Å²) in [7, 11) is 0. The molecule has 32 heavy (non-hydrogen) atoms. The summed E-state index contributed by atoms with van der Waals surface area (Å²) >= 11 is 0. The second-order valence-electron chi connectivity index (χ2n) is 7.27. The van der Waals surface area contributed by atoms with Crippen LogP contribution in [0.15, 0.2) is 66.7 Å². The lowest BCUT2D eigenvalue weighted by Crippen LogP contribution is -2.40. The summed E-state index contributed by atoms with van der Waals surface area (Å²) in [6.07, 6.45) is -0.824. The van der Waals surface area contributed by atoms with Gasteiger partial charge in [0.2, 0.25) is 12.9 Å². The lowest BCUT2D eigenvalue weighted by molar-refractivity contribution is -0.125. The van der Waals surface area contributed by atoms with E-state index in [9.17, 15) is 9.59 Å². The Balaban J connectivity index is 1.24. The quantitative estimate of drug-likeness (QED) is 0.643. The van der Waals surface area contributed by atoms with Crippen LogP contribution >= 0.6 is 0 Å². The Kier molecular flexibility index (Phi) is 5.25. The summed E-state index contributed by atoms with van der Waals surface area (Å²) in [5.74, 6) is 1.74. The molecule has 0 aromatic heterocycles. The smallest absolute Gasteiger partial charge is 0.269 e. The fraction of sp³-hybridized carbons (Fsp3) is 0.167. The van der Waals surface area contributed by atoms with Gasteiger partial charge in [-0.05, 0) is 42.0 Å². The van der Waals surface area contributed by atoms with E-state index < -0.39 is 12.0 Å². The van der Waals surface area contributed by atoms with E-state index in [4.69, 9.17) is 18.9 Å². The van der Waals surface area contributed by atoms with Crippen LogP contribution in [-0.2, 0) is 11.3 Å². The van der Waals surface area contributed by atoms with Crippen molar-refractivity contribution in [3.05, 3.63) is 77.9 Å². The number of hydrogen-bond acceptors (Lipinski definition) is 6. The van der Waals surface area contributed by atoms with E-state index >= 15 is 0 Å². The first-order chi connectivity index (χ1) is 15.7. The molecule has 2 aliphatic rings. The molecule has 2 aliphatic heterocycles. The summed E-state index contributed by atoms with van der Waals surface area (Å²) in [4.78, 5) is 25.6. The fourth-order valence-electron chi connectivity index (χ4n) is 3.48. The number of benzene rings is 3. The van der Waals surface area contributed by atoms with Gasteiger partial charge in [0.05, 0.1) is 11.3 Å². The van der Waals surface area contributed by atoms with Crippen molar-refractivity contribution in [3.63, 3.8) is 0 Å². The van der Waals surface area contributed by atoms with Crippen molar-refractivity contribution in [1.82, 2.24) is 5.32 Å². The van der Waals surface area contributed by atoms with E-state index in [0.717, 1.165) is 5.56 Å². The summed E-state index contributed by atoms with van der Waals surface area (Å²) in [6, 6.07) is 19.5. The average Bonchev–Trinajstić information content (AvgIpc) is 3.30. The topological polar surface area (TPSA) is 95.1 Å². The van der Waals surface area contributed by atoms with Crippen LogP contribution < -0.4 is 29.6 Å². The molecule has 0 spiro atoms. The van der Waals surface area contributed by atoms with Crippen LogP contribution in [-0.4, -0.2) is 31.3 Å². The molecule has 8 nitrogen and oxygen atoms in total. The van der Waals surface area contributed by atoms with Gasteiger partial charge in [-0.25, -0.2) is 0 Å². The van der Waals surface area contributed by atoms with Crippen LogP contribution in [0.3, 0.4) is 0 Å². The molecule has 0 aliphatic carbocycles. The lowest BCUT2D eigenvalue weighted by atomic mass is 10.1. The van der Waals surface area contributed by atoms with Crippen molar-refractivity contribution in [3.8, 4) is 23.0 Å². The molecule has 0 bridgehead atoms. The molecule has 0 saturated heterocycles. The number of para-hydroxylation sites is 3. The lowest BCUT2D eigenvalue weighted by Gasteiger charge is -2.25. The highest BCUT2D eigenvalue weighted by atomic mass is 16.7. The molecule has 5 rings (SSSR count). The maximum atomic E-state index is 12.8. The van der Waals surface area contributed by atoms with Gasteiger partial charge < -0.3 is 29.6 Å². The Hall–Kier alpha value is -4.20. The van der Waals surface area contributed by atoms with Crippen molar-refractivity contribution >= 4 is 17.5 Å². The maximum absolute atomic E-state index is 12.8. The summed E-state index contributed by atoms with van der Waals surface area (Å²) < 4.78 is 22.0. The number of fused-ring (bicyclic) bond motifs is 2. The molecule has 0 fully saturated rings. The second-order valence-corrected chi connectivity index (χ2v) is 7.27. The number of nitrogens with one attached hydrogen (secondary N) is 2. The van der Waals surface area contributed by atoms with Crippen LogP contribution in [0.2, 0.25) is 0 Å². The number of ether oxygens (including phenoxy) is 4. The summed E-state index contributed by atoms with van der Waals surface area (Å²) in [6.45, 7) is 0.578. The molecule has 1 atom stereocenters. The zero-order valence-corrected chi connectivity index (χ0v) is 17.0. The highest BCUT2D eigenvalue weighted by Crippen LogP contribution is 2.33. The fourth-order valence-corrected chi connectivity index (χ4v) is 3.48. The minimum Gasteiger partial charge on any atom is -0.485 e. The van der Waals surface area contributed by atoms with E-state index in [2.05, 4.69) is 10.6 Å². The average molecular weight is 432 g/mol. The Morgan fingerprint density at radius 3 is 2.50 bits per heavy atom. The molecular formula is C24H20N2O6. The van der Waals surface area contributed by atoms with Gasteiger partial charge in [0.1, 0.15) is 6.61 Å². The minimum atomic E-state index is -0.824. The van der Waals surface area contributed by atoms with Gasteiger partial charge in [0, 0.05) is 6.54 Å². The molecule has 1 unspecified atom stereocenters. The molecule has 3 aromatic rings. The van der Waals surface area contributed by atoms with Gasteiger partial charge in [-0.1, -0.05) is 30.3 Å². The number of carbonyl (C=O) groups is 2. The third-order valence-electron chi connectivity index (χ3n) is 5.12. The number of amides is 2. The van der Waals surface area contributed by atoms with Crippen molar-refractivity contribution in [2.75, 3.05) is 18.7 Å². The standard InChI is InChI=1S/C24H20N2O6/c27-23(25-12-15-9-10-19-21(11-15)31-14-30-19)16-5-1-2-6-17(16)26-24(28)22-13-29-18-7-3-4-8-20(18)32-22/h1-11,22H,12-14H2,(H,25,27)(H,26,28). The molecule has 0 radical (unpaired) electrons. The highest BCUT2D eigenvalue weighted by molar-refractivity contribution is 6.04. The van der Waals surface area contributed by atoms with Gasteiger partial charge in [0.25, 0.3) is 11.8 Å². The SMILES string of the molecule is O=C(NCc1ccc2c(c1)OCO2)c1ccccc1NC(=O)C1COc2ccccc2O1. The van der Waals surface area contributed by atoms with Crippen molar-refractivity contribution in [1.29, 1.82) is 0 Å². The Bertz CT molecular complexity index is 1180. The van der Waals surface area contributed by atoms with E-state index in [1.165, 1.54) is 0 Å². The number of anilines is 1. The normalized spacial score (nSPS) is 15.7. The third kappa shape index (κ3) is 4.02. The van der Waals surface area contributed by atoms with E-state index in [0.29, 0.717) is 40.8 Å². The number of rotatable bonds is 5. The second kappa shape index (κ2) is 8.50. The molecule has 0 saturated carbocycles. The van der Waals surface area contributed by atoms with Gasteiger partial charge >= 0.3 is 0 Å². The third-order valence-corrected chi connectivity index (χ3v) is 5.12. The maximum Gasteiger partial charge on any atom is 0.269 e. The van der Waals surface area contributed by atoms with Crippen LogP contribution in [0, 0.1) is 0 Å². The van der Waals surface area contributed by atoms with Gasteiger partial charge in [-0.2, -0.15) is 0 Å². The Labute approximate surface area is 184 Å². The minimum absolute atomic E-state index is 0.0846. The van der Waals surface area contributed by atoms with Gasteiger partial charge in [-0.15, -0.1) is 0 Å². The molecule has 8 heteroatoms. The highest BCUT2D eigenvalue weighted by Gasteiger charge is 2.28. The van der Waals surface area contributed by atoms with Crippen molar-refractivity contribution < 1.29 is 28.5 Å². The van der Waals surface area contributed by atoms with Gasteiger partial charge in [-0.3, -0.25) is 9.59 Å². The van der Waals surface area contributed by atoms with Crippen LogP contribution in [0.1, 0.15) is 15.9 Å². The predicted molar refractivity (Wildman–Crippen MR) is 115 cm³/mol. The first-order valence-corrected chi connectivity index (χ1v) is 10.1. The largest absolute Gasteiger partial charge is 0.485 e. The van der Waals surface area contributed by atoms with Gasteiger partial charge in [0.15, 0.2) is 23.0 Å². The molecule has 162 valence electrons. The van der Waals surface area contributed by atoms with Crippen LogP contribution in [0.4, 0.5) is 5.69 Å². The van der Waals surface area contributed by atoms with Crippen molar-refractivity contribution in [2.24, 2.45) is 0 Å². The van der Waals surface area contributed by atoms with Crippen LogP contribution in [0.25, 0.3) is 0 Å². The van der Waals surface area contributed by atoms with Crippen molar-refractivity contribution in [2.45, 2.75) is 12.6 Å². The molecule has 2 heterocycles. The van der Waals surface area contributed by atoms with E-state index in [-0.39, 0.29) is 19.3 Å². The zero-order valence-electron chi connectivity index (χ0n) is 17.0. The Morgan fingerprint density at radius 2 is 1.59 bits per heavy atom. The monoisotopic (exact) mass is 432 g/mol. The first kappa shape index (κ1) is 19.7. The van der Waals surface area contributed by atoms with Crippen LogP contribution in [0.5, 0.6) is 23.0 Å². The predicted octanol–water partition coefficient (Wildman–Crippen LogP) is 3.12. The number of carbonyl (C=O) groups excluding carboxylic acids is 2. The van der Waals surface area contributed by atoms with E-state index in [1.807, 2.05) is 30.3 Å². The summed E-state index contributed by atoms with van der Waals surface area (Å²) in [5.41, 5.74) is 1.61. The number of hydrogen-bond donors (Lipinski definition) is 2. The molecule has 2 amide bonds. The Morgan fingerprint density at radius 1 is 0.844 bits per heavy atom. The molecule has 3 aromatic carbocycles. The molecule has 2 N–H and O–H groups in total. The zero-order chi connectivity index (χ0) is 21.9. The molecular weight excluding hydrogens is 412 g/mol. The first-order valence-electron chi connectivity index (χ1n) is 10.1. The van der Waals surface area contributed by atoms with E-state index in [1.54, 1.807) is 36.4 Å².